The van der Waals surface area contributed by atoms with Crippen molar-refractivity contribution in [2.45, 2.75) is 18.8 Å². The summed E-state index contributed by atoms with van der Waals surface area (Å²) in [5.74, 6) is 0.455. The third kappa shape index (κ3) is 3.07. The van der Waals surface area contributed by atoms with E-state index in [1.165, 1.54) is 17.7 Å². The van der Waals surface area contributed by atoms with Crippen LogP contribution in [0, 0.1) is 11.7 Å². The molecule has 1 amide bonds. The number of benzene rings is 2. The number of fused-ring (bicyclic) bond motifs is 1. The van der Waals surface area contributed by atoms with E-state index in [4.69, 9.17) is 5.73 Å². The Bertz CT molecular complexity index is 813. The molecule has 0 saturated carbocycles. The Labute approximate surface area is 153 Å². The first-order valence-corrected chi connectivity index (χ1v) is 9.18. The third-order valence-corrected chi connectivity index (χ3v) is 5.79. The molecule has 1 atom stereocenters. The second-order valence-electron chi connectivity index (χ2n) is 7.49. The van der Waals surface area contributed by atoms with E-state index in [-0.39, 0.29) is 11.7 Å². The molecular formula is C21H24FN3O. The molecule has 0 aromatic heterocycles. The normalized spacial score (nSPS) is 21.0. The van der Waals surface area contributed by atoms with Gasteiger partial charge in [0.25, 0.3) is 5.91 Å². The molecule has 1 saturated heterocycles. The van der Waals surface area contributed by atoms with Crippen LogP contribution >= 0.6 is 0 Å². The summed E-state index contributed by atoms with van der Waals surface area (Å²) in [6.45, 7) is 2.85. The van der Waals surface area contributed by atoms with Crippen molar-refractivity contribution in [3.8, 4) is 0 Å². The van der Waals surface area contributed by atoms with Crippen molar-refractivity contribution < 1.29 is 9.18 Å². The SMILES string of the molecule is CN1CCC(C2CN(C(=O)c3ccc(F)cc3)c3ccc(N)cc32)CC1. The molecule has 5 heteroatoms. The van der Waals surface area contributed by atoms with E-state index in [1.807, 2.05) is 23.1 Å². The van der Waals surface area contributed by atoms with Gasteiger partial charge in [0.05, 0.1) is 0 Å². The van der Waals surface area contributed by atoms with Crippen LogP contribution in [0.4, 0.5) is 15.8 Å². The lowest BCUT2D eigenvalue weighted by atomic mass is 9.81. The monoisotopic (exact) mass is 353 g/mol. The van der Waals surface area contributed by atoms with Gasteiger partial charge >= 0.3 is 0 Å². The minimum absolute atomic E-state index is 0.0774. The Hall–Kier alpha value is -2.40. The molecule has 26 heavy (non-hydrogen) atoms. The number of anilines is 2. The number of amides is 1. The van der Waals surface area contributed by atoms with E-state index < -0.39 is 0 Å². The first kappa shape index (κ1) is 17.0. The highest BCUT2D eigenvalue weighted by atomic mass is 19.1. The summed E-state index contributed by atoms with van der Waals surface area (Å²) in [5.41, 5.74) is 9.40. The fourth-order valence-corrected chi connectivity index (χ4v) is 4.28. The summed E-state index contributed by atoms with van der Waals surface area (Å²) in [7, 11) is 2.15. The number of hydrogen-bond acceptors (Lipinski definition) is 3. The lowest BCUT2D eigenvalue weighted by Crippen LogP contribution is -2.35. The topological polar surface area (TPSA) is 49.6 Å². The zero-order valence-electron chi connectivity index (χ0n) is 15.0. The summed E-state index contributed by atoms with van der Waals surface area (Å²) >= 11 is 0. The summed E-state index contributed by atoms with van der Waals surface area (Å²) < 4.78 is 13.2. The van der Waals surface area contributed by atoms with E-state index >= 15 is 0 Å². The lowest BCUT2D eigenvalue weighted by Gasteiger charge is -2.33. The molecule has 0 aliphatic carbocycles. The molecule has 2 aromatic carbocycles. The zero-order chi connectivity index (χ0) is 18.3. The predicted octanol–water partition coefficient (Wildman–Crippen LogP) is 3.49. The van der Waals surface area contributed by atoms with Crippen molar-refractivity contribution in [2.24, 2.45) is 5.92 Å². The lowest BCUT2D eigenvalue weighted by molar-refractivity contribution is 0.0985. The maximum Gasteiger partial charge on any atom is 0.258 e. The molecule has 2 aliphatic rings. The maximum absolute atomic E-state index is 13.2. The van der Waals surface area contributed by atoms with Gasteiger partial charge in [0, 0.05) is 29.4 Å². The van der Waals surface area contributed by atoms with Gasteiger partial charge in [-0.15, -0.1) is 0 Å². The largest absolute Gasteiger partial charge is 0.399 e. The second kappa shape index (κ2) is 6.72. The molecule has 0 spiro atoms. The molecule has 2 aliphatic heterocycles. The Morgan fingerprint density at radius 3 is 2.50 bits per heavy atom. The van der Waals surface area contributed by atoms with E-state index in [0.717, 1.165) is 37.3 Å². The van der Waals surface area contributed by atoms with Crippen LogP contribution in [-0.2, 0) is 0 Å². The summed E-state index contributed by atoms with van der Waals surface area (Å²) in [4.78, 5) is 17.2. The first-order chi connectivity index (χ1) is 12.5. The van der Waals surface area contributed by atoms with Gasteiger partial charge in [-0.1, -0.05) is 0 Å². The van der Waals surface area contributed by atoms with E-state index in [0.29, 0.717) is 23.9 Å². The number of halogens is 1. The smallest absolute Gasteiger partial charge is 0.258 e. The van der Waals surface area contributed by atoms with E-state index in [9.17, 15) is 9.18 Å². The van der Waals surface area contributed by atoms with Crippen molar-refractivity contribution in [1.29, 1.82) is 0 Å². The highest BCUT2D eigenvalue weighted by Gasteiger charge is 2.38. The number of nitrogens with zero attached hydrogens (tertiary/aromatic N) is 2. The molecule has 0 bridgehead atoms. The molecule has 1 unspecified atom stereocenters. The Morgan fingerprint density at radius 1 is 1.12 bits per heavy atom. The standard InChI is InChI=1S/C21H24FN3O/c1-24-10-8-14(9-11-24)19-13-25(20-7-6-17(23)12-18(19)20)21(26)15-2-4-16(22)5-3-15/h2-7,12,14,19H,8-11,13,23H2,1H3. The van der Waals surface area contributed by atoms with Crippen molar-refractivity contribution in [2.75, 3.05) is 37.3 Å². The van der Waals surface area contributed by atoms with E-state index in [1.54, 1.807) is 12.1 Å². The van der Waals surface area contributed by atoms with Gasteiger partial charge in [0.15, 0.2) is 0 Å². The predicted molar refractivity (Wildman–Crippen MR) is 102 cm³/mol. The minimum atomic E-state index is -0.333. The van der Waals surface area contributed by atoms with Gasteiger partial charge in [-0.2, -0.15) is 0 Å². The maximum atomic E-state index is 13.2. The summed E-state index contributed by atoms with van der Waals surface area (Å²) in [6.07, 6.45) is 2.27. The highest BCUT2D eigenvalue weighted by molar-refractivity contribution is 6.07. The zero-order valence-corrected chi connectivity index (χ0v) is 15.0. The molecule has 2 heterocycles. The van der Waals surface area contributed by atoms with Crippen LogP contribution in [0.15, 0.2) is 42.5 Å². The van der Waals surface area contributed by atoms with Gasteiger partial charge in [-0.25, -0.2) is 4.39 Å². The van der Waals surface area contributed by atoms with Crippen LogP contribution in [0.25, 0.3) is 0 Å². The molecule has 4 nitrogen and oxygen atoms in total. The highest BCUT2D eigenvalue weighted by Crippen LogP contribution is 2.44. The van der Waals surface area contributed by atoms with Crippen LogP contribution in [0.3, 0.4) is 0 Å². The Kier molecular flexibility index (Phi) is 4.41. The van der Waals surface area contributed by atoms with Crippen LogP contribution in [-0.4, -0.2) is 37.5 Å². The van der Waals surface area contributed by atoms with Gasteiger partial charge in [0.2, 0.25) is 0 Å². The van der Waals surface area contributed by atoms with Gasteiger partial charge in [0.1, 0.15) is 5.82 Å². The Morgan fingerprint density at radius 2 is 1.81 bits per heavy atom. The van der Waals surface area contributed by atoms with Crippen molar-refractivity contribution in [3.05, 3.63) is 59.4 Å². The first-order valence-electron chi connectivity index (χ1n) is 9.18. The minimum Gasteiger partial charge on any atom is -0.399 e. The number of nitrogen functional groups attached to an aromatic ring is 1. The third-order valence-electron chi connectivity index (χ3n) is 5.79. The molecule has 0 radical (unpaired) electrons. The van der Waals surface area contributed by atoms with Crippen molar-refractivity contribution in [1.82, 2.24) is 4.90 Å². The number of carbonyl (C=O) groups excluding carboxylic acids is 1. The van der Waals surface area contributed by atoms with Gasteiger partial charge in [-0.05, 0) is 86.9 Å². The summed E-state index contributed by atoms with van der Waals surface area (Å²) in [6, 6.07) is 11.6. The number of nitrogens with two attached hydrogens (primary N) is 1. The molecule has 136 valence electrons. The van der Waals surface area contributed by atoms with Gasteiger partial charge in [-0.3, -0.25) is 4.79 Å². The second-order valence-corrected chi connectivity index (χ2v) is 7.49. The average molecular weight is 353 g/mol. The number of piperidine rings is 1. The van der Waals surface area contributed by atoms with E-state index in [2.05, 4.69) is 11.9 Å². The van der Waals surface area contributed by atoms with Crippen LogP contribution in [0.1, 0.15) is 34.7 Å². The quantitative estimate of drug-likeness (QED) is 0.841. The van der Waals surface area contributed by atoms with Crippen molar-refractivity contribution in [3.63, 3.8) is 0 Å². The fraction of sp³-hybridized carbons (Fsp3) is 0.381. The number of hydrogen-bond donors (Lipinski definition) is 1. The fourth-order valence-electron chi connectivity index (χ4n) is 4.28. The molecular weight excluding hydrogens is 329 g/mol. The molecule has 2 aromatic rings. The van der Waals surface area contributed by atoms with Crippen LogP contribution in [0.2, 0.25) is 0 Å². The number of likely N-dealkylation sites (tertiary alicyclic amines) is 1. The molecule has 4 rings (SSSR count). The Balaban J connectivity index is 1.65. The molecule has 2 N–H and O–H groups in total. The van der Waals surface area contributed by atoms with Crippen LogP contribution < -0.4 is 10.6 Å². The summed E-state index contributed by atoms with van der Waals surface area (Å²) in [5, 5.41) is 0. The molecule has 1 fully saturated rings. The number of rotatable bonds is 2. The van der Waals surface area contributed by atoms with Crippen LogP contribution in [0.5, 0.6) is 0 Å². The van der Waals surface area contributed by atoms with Gasteiger partial charge < -0.3 is 15.5 Å². The average Bonchev–Trinajstić information content (AvgIpc) is 3.01. The van der Waals surface area contributed by atoms with Crippen molar-refractivity contribution >= 4 is 17.3 Å². The number of carbonyl (C=O) groups is 1.